The number of anilines is 1. The molecule has 0 spiro atoms. The zero-order chi connectivity index (χ0) is 18.3. The molecule has 8 heteroatoms. The molecule has 0 fully saturated rings. The third-order valence-electron chi connectivity index (χ3n) is 3.97. The first kappa shape index (κ1) is 17.0. The molecule has 0 amide bonds. The second-order valence-corrected chi connectivity index (χ2v) is 6.35. The average molecular weight is 359 g/mol. The van der Waals surface area contributed by atoms with E-state index in [1.807, 2.05) is 19.9 Å². The van der Waals surface area contributed by atoms with Crippen LogP contribution in [0.15, 0.2) is 23.2 Å². The van der Waals surface area contributed by atoms with Crippen LogP contribution in [-0.4, -0.2) is 39.5 Å². The van der Waals surface area contributed by atoms with Crippen molar-refractivity contribution in [3.8, 4) is 17.1 Å². The third-order valence-corrected chi connectivity index (χ3v) is 4.28. The summed E-state index contributed by atoms with van der Waals surface area (Å²) in [6, 6.07) is 5.20. The fourth-order valence-electron chi connectivity index (χ4n) is 2.81. The molecule has 0 aliphatic carbocycles. The highest BCUT2D eigenvalue weighted by Gasteiger charge is 2.24. The van der Waals surface area contributed by atoms with Crippen LogP contribution in [-0.2, 0) is 0 Å². The summed E-state index contributed by atoms with van der Waals surface area (Å²) in [5, 5.41) is 26.8. The molecule has 3 rings (SSSR count). The molecule has 130 valence electrons. The van der Waals surface area contributed by atoms with E-state index in [0.29, 0.717) is 22.8 Å². The maximum atomic E-state index is 9.80. The van der Waals surface area contributed by atoms with Crippen LogP contribution in [0.5, 0.6) is 5.75 Å². The Kier molecular flexibility index (Phi) is 4.26. The van der Waals surface area contributed by atoms with Gasteiger partial charge < -0.3 is 15.4 Å². The zero-order valence-electron chi connectivity index (χ0n) is 14.2. The van der Waals surface area contributed by atoms with Crippen LogP contribution in [0.2, 0.25) is 5.02 Å². The second-order valence-electron chi connectivity index (χ2n) is 5.94. The number of benzene rings is 1. The lowest BCUT2D eigenvalue weighted by atomic mass is 10.1. The predicted octanol–water partition coefficient (Wildman–Crippen LogP) is 4.04. The normalized spacial score (nSPS) is 11.2. The summed E-state index contributed by atoms with van der Waals surface area (Å²) in [5.74, 6) is 0.747. The molecular weight excluding hydrogens is 340 g/mol. The monoisotopic (exact) mass is 358 g/mol. The van der Waals surface area contributed by atoms with Crippen molar-refractivity contribution in [1.82, 2.24) is 14.8 Å². The molecule has 0 bridgehead atoms. The number of nitrogens with zero attached hydrogens (tertiary/aromatic N) is 3. The maximum absolute atomic E-state index is 9.80. The largest absolute Gasteiger partial charge is 0.506 e. The summed E-state index contributed by atoms with van der Waals surface area (Å²) in [5.41, 5.74) is 2.62. The topological polar surface area (TPSA) is 102 Å². The van der Waals surface area contributed by atoms with Gasteiger partial charge in [0, 0.05) is 24.0 Å². The number of H-pyrrole nitrogens is 1. The fraction of sp³-hybridized carbons (Fsp3) is 0.235. The minimum absolute atomic E-state index is 0.0177. The van der Waals surface area contributed by atoms with Gasteiger partial charge in [-0.05, 0) is 38.8 Å². The van der Waals surface area contributed by atoms with Crippen molar-refractivity contribution in [2.75, 3.05) is 12.4 Å². The highest BCUT2D eigenvalue weighted by atomic mass is 35.5. The van der Waals surface area contributed by atoms with Gasteiger partial charge >= 0.3 is 0 Å². The molecule has 4 N–H and O–H groups in total. The Morgan fingerprint density at radius 1 is 1.44 bits per heavy atom. The second kappa shape index (κ2) is 6.25. The highest BCUT2D eigenvalue weighted by Crippen LogP contribution is 2.35. The van der Waals surface area contributed by atoms with E-state index in [9.17, 15) is 5.11 Å². The standard InChI is InChI=1S/C17H19ClN6O/c1-8(2)24-17(21-4)14(16(19)20-3)15(23-24)12-5-9-6-13(25)10(18)7-11(9)22-12/h5-8,19,21-22,25H,3H2,1-2,4H3. The van der Waals surface area contributed by atoms with E-state index < -0.39 is 0 Å². The maximum Gasteiger partial charge on any atom is 0.157 e. The summed E-state index contributed by atoms with van der Waals surface area (Å²) in [6.45, 7) is 7.49. The van der Waals surface area contributed by atoms with Crippen molar-refractivity contribution in [3.63, 3.8) is 0 Å². The Balaban J connectivity index is 2.29. The Bertz CT molecular complexity index is 946. The number of amidine groups is 1. The minimum atomic E-state index is 0.0177. The lowest BCUT2D eigenvalue weighted by molar-refractivity contribution is 0.476. The predicted molar refractivity (Wildman–Crippen MR) is 103 cm³/mol. The number of aromatic amines is 1. The van der Waals surface area contributed by atoms with Crippen LogP contribution < -0.4 is 5.32 Å². The first-order valence-electron chi connectivity index (χ1n) is 7.74. The molecule has 0 atom stereocenters. The Hall–Kier alpha value is -2.80. The molecule has 0 aliphatic heterocycles. The van der Waals surface area contributed by atoms with Gasteiger partial charge in [-0.15, -0.1) is 0 Å². The van der Waals surface area contributed by atoms with E-state index in [2.05, 4.69) is 27.1 Å². The van der Waals surface area contributed by atoms with Gasteiger partial charge in [-0.25, -0.2) is 9.67 Å². The molecule has 0 aliphatic rings. The zero-order valence-corrected chi connectivity index (χ0v) is 14.9. The first-order chi connectivity index (χ1) is 11.9. The Morgan fingerprint density at radius 3 is 2.76 bits per heavy atom. The quantitative estimate of drug-likeness (QED) is 0.418. The molecule has 0 saturated heterocycles. The van der Waals surface area contributed by atoms with Crippen molar-refractivity contribution >= 4 is 40.9 Å². The summed E-state index contributed by atoms with van der Waals surface area (Å²) >= 11 is 5.98. The van der Waals surface area contributed by atoms with Gasteiger partial charge in [0.15, 0.2) is 5.84 Å². The number of hydrogen-bond donors (Lipinski definition) is 4. The molecule has 0 radical (unpaired) electrons. The number of nitrogens with one attached hydrogen (secondary N) is 3. The average Bonchev–Trinajstić information content (AvgIpc) is 3.15. The fourth-order valence-corrected chi connectivity index (χ4v) is 2.97. The van der Waals surface area contributed by atoms with E-state index in [-0.39, 0.29) is 22.6 Å². The summed E-state index contributed by atoms with van der Waals surface area (Å²) in [6.07, 6.45) is 0. The molecule has 3 aromatic rings. The molecular formula is C17H19ClN6O. The number of aliphatic imine (C=N–C) groups is 1. The van der Waals surface area contributed by atoms with Gasteiger partial charge in [0.2, 0.25) is 0 Å². The van der Waals surface area contributed by atoms with E-state index >= 15 is 0 Å². The van der Waals surface area contributed by atoms with Gasteiger partial charge in [0.25, 0.3) is 0 Å². The van der Waals surface area contributed by atoms with Gasteiger partial charge in [0.05, 0.1) is 16.3 Å². The number of aromatic hydroxyl groups is 1. The highest BCUT2D eigenvalue weighted by molar-refractivity contribution is 6.32. The number of hydrogen-bond acceptors (Lipinski definition) is 4. The van der Waals surface area contributed by atoms with Crippen molar-refractivity contribution in [1.29, 1.82) is 5.41 Å². The first-order valence-corrected chi connectivity index (χ1v) is 8.12. The van der Waals surface area contributed by atoms with Crippen LogP contribution in [0, 0.1) is 5.41 Å². The molecule has 1 aromatic carbocycles. The Labute approximate surface area is 149 Å². The Morgan fingerprint density at radius 2 is 2.16 bits per heavy atom. The van der Waals surface area contributed by atoms with Gasteiger partial charge in [-0.1, -0.05) is 11.6 Å². The summed E-state index contributed by atoms with van der Waals surface area (Å²) in [4.78, 5) is 7.02. The van der Waals surface area contributed by atoms with E-state index in [0.717, 1.165) is 10.9 Å². The van der Waals surface area contributed by atoms with Gasteiger partial charge in [-0.2, -0.15) is 5.10 Å². The van der Waals surface area contributed by atoms with Crippen LogP contribution in [0.3, 0.4) is 0 Å². The summed E-state index contributed by atoms with van der Waals surface area (Å²) < 4.78 is 1.81. The number of aromatic nitrogens is 3. The number of phenolic OH excluding ortho intramolecular Hbond substituents is 1. The molecule has 2 heterocycles. The number of fused-ring (bicyclic) bond motifs is 1. The van der Waals surface area contributed by atoms with Crippen LogP contribution in [0.4, 0.5) is 5.82 Å². The molecule has 25 heavy (non-hydrogen) atoms. The number of phenols is 1. The van der Waals surface area contributed by atoms with Crippen molar-refractivity contribution in [3.05, 3.63) is 28.8 Å². The SMILES string of the molecule is C=NC(=N)c1c(-c2cc3cc(O)c(Cl)cc3[nH]2)nn(C(C)C)c1NC. The van der Waals surface area contributed by atoms with E-state index in [4.69, 9.17) is 17.0 Å². The minimum Gasteiger partial charge on any atom is -0.506 e. The number of halogens is 1. The van der Waals surface area contributed by atoms with Gasteiger partial charge in [-0.3, -0.25) is 5.41 Å². The lowest BCUT2D eigenvalue weighted by Gasteiger charge is -2.10. The van der Waals surface area contributed by atoms with Gasteiger partial charge in [0.1, 0.15) is 17.3 Å². The third kappa shape index (κ3) is 2.76. The van der Waals surface area contributed by atoms with Crippen LogP contribution >= 0.6 is 11.6 Å². The number of rotatable bonds is 4. The van der Waals surface area contributed by atoms with Crippen molar-refractivity contribution < 1.29 is 5.11 Å². The molecule has 2 aromatic heterocycles. The van der Waals surface area contributed by atoms with Crippen molar-refractivity contribution in [2.45, 2.75) is 19.9 Å². The van der Waals surface area contributed by atoms with E-state index in [1.54, 1.807) is 23.9 Å². The van der Waals surface area contributed by atoms with Crippen molar-refractivity contribution in [2.24, 2.45) is 4.99 Å². The molecule has 0 unspecified atom stereocenters. The van der Waals surface area contributed by atoms with E-state index in [1.165, 1.54) is 0 Å². The van der Waals surface area contributed by atoms with Crippen LogP contribution in [0.1, 0.15) is 25.5 Å². The molecule has 7 nitrogen and oxygen atoms in total. The van der Waals surface area contributed by atoms with Crippen LogP contribution in [0.25, 0.3) is 22.3 Å². The lowest BCUT2D eigenvalue weighted by Crippen LogP contribution is -2.09. The summed E-state index contributed by atoms with van der Waals surface area (Å²) in [7, 11) is 1.78. The smallest absolute Gasteiger partial charge is 0.157 e. The molecule has 0 saturated carbocycles.